The number of hydrogen-bond donors (Lipinski definition) is 1. The molecule has 0 saturated carbocycles. The summed E-state index contributed by atoms with van der Waals surface area (Å²) in [6.45, 7) is 4.88. The lowest BCUT2D eigenvalue weighted by Gasteiger charge is -2.18. The number of aryl methyl sites for hydroxylation is 2. The van der Waals surface area contributed by atoms with Crippen LogP contribution in [-0.4, -0.2) is 50.3 Å². The number of fused-ring (bicyclic) bond motifs is 1. The number of carbonyl (C=O) groups excluding carboxylic acids is 2. The molecule has 3 rings (SSSR count). The molecule has 1 aliphatic rings. The summed E-state index contributed by atoms with van der Waals surface area (Å²) in [5.74, 6) is 1.38. The second-order valence-corrected chi connectivity index (χ2v) is 6.74. The zero-order chi connectivity index (χ0) is 20.1. The first-order valence-electron chi connectivity index (χ1n) is 9.05. The van der Waals surface area contributed by atoms with E-state index in [4.69, 9.17) is 14.2 Å². The Balaban J connectivity index is 1.43. The van der Waals surface area contributed by atoms with Crippen LogP contribution >= 0.6 is 0 Å². The van der Waals surface area contributed by atoms with Gasteiger partial charge in [0.1, 0.15) is 12.4 Å². The molecule has 0 bridgehead atoms. The van der Waals surface area contributed by atoms with Gasteiger partial charge in [-0.2, -0.15) is 0 Å². The van der Waals surface area contributed by atoms with E-state index < -0.39 is 0 Å². The van der Waals surface area contributed by atoms with Crippen LogP contribution in [0.2, 0.25) is 0 Å². The minimum absolute atomic E-state index is 0.0900. The molecule has 0 aliphatic carbocycles. The summed E-state index contributed by atoms with van der Waals surface area (Å²) in [7, 11) is 1.68. The molecule has 1 aliphatic heterocycles. The van der Waals surface area contributed by atoms with Crippen molar-refractivity contribution in [2.45, 2.75) is 13.8 Å². The molecule has 0 unspecified atom stereocenters. The van der Waals surface area contributed by atoms with Gasteiger partial charge in [-0.1, -0.05) is 6.07 Å². The molecule has 148 valence electrons. The average Bonchev–Trinajstić information content (AvgIpc) is 3.12. The van der Waals surface area contributed by atoms with Crippen molar-refractivity contribution < 1.29 is 23.8 Å². The van der Waals surface area contributed by atoms with E-state index in [0.29, 0.717) is 30.2 Å². The van der Waals surface area contributed by atoms with Crippen molar-refractivity contribution in [1.29, 1.82) is 0 Å². The number of likely N-dealkylation sites (N-methyl/N-ethyl adjacent to an activating group) is 1. The molecule has 2 aromatic carbocycles. The standard InChI is InChI=1S/C21H24N2O5/c1-14-8-15(2)10-17(9-14)26-7-6-23(3)20(24)12-22-21(25)16-4-5-18-19(11-16)28-13-27-18/h4-5,8-11H,6-7,12-13H2,1-3H3,(H,22,25). The number of hydrogen-bond acceptors (Lipinski definition) is 5. The molecule has 28 heavy (non-hydrogen) atoms. The van der Waals surface area contributed by atoms with Crippen molar-refractivity contribution in [3.8, 4) is 17.2 Å². The van der Waals surface area contributed by atoms with Crippen molar-refractivity contribution in [3.63, 3.8) is 0 Å². The second kappa shape index (κ2) is 8.65. The molecule has 0 saturated heterocycles. The van der Waals surface area contributed by atoms with E-state index in [1.807, 2.05) is 26.0 Å². The van der Waals surface area contributed by atoms with Crippen molar-refractivity contribution in [3.05, 3.63) is 53.1 Å². The summed E-state index contributed by atoms with van der Waals surface area (Å²) < 4.78 is 16.2. The second-order valence-electron chi connectivity index (χ2n) is 6.74. The molecule has 0 spiro atoms. The Morgan fingerprint density at radius 2 is 1.79 bits per heavy atom. The third-order valence-electron chi connectivity index (χ3n) is 4.35. The van der Waals surface area contributed by atoms with Crippen LogP contribution in [0.5, 0.6) is 17.2 Å². The number of rotatable bonds is 7. The van der Waals surface area contributed by atoms with Crippen LogP contribution in [-0.2, 0) is 4.79 Å². The minimum Gasteiger partial charge on any atom is -0.492 e. The fourth-order valence-electron chi connectivity index (χ4n) is 2.87. The number of amides is 2. The number of ether oxygens (including phenoxy) is 3. The van der Waals surface area contributed by atoms with Gasteiger partial charge in [0.05, 0.1) is 13.1 Å². The smallest absolute Gasteiger partial charge is 0.251 e. The van der Waals surface area contributed by atoms with Gasteiger partial charge in [0.25, 0.3) is 5.91 Å². The predicted octanol–water partition coefficient (Wildman–Crippen LogP) is 2.30. The first-order valence-corrected chi connectivity index (χ1v) is 9.05. The van der Waals surface area contributed by atoms with Gasteiger partial charge in [0.2, 0.25) is 12.7 Å². The predicted molar refractivity (Wildman–Crippen MR) is 104 cm³/mol. The molecule has 2 amide bonds. The molecule has 1 heterocycles. The fraction of sp³-hybridized carbons (Fsp3) is 0.333. The quantitative estimate of drug-likeness (QED) is 0.793. The first-order chi connectivity index (χ1) is 13.4. The van der Waals surface area contributed by atoms with Crippen LogP contribution < -0.4 is 19.5 Å². The van der Waals surface area contributed by atoms with Crippen molar-refractivity contribution >= 4 is 11.8 Å². The number of nitrogens with one attached hydrogen (secondary N) is 1. The molecule has 7 heteroatoms. The fourth-order valence-corrected chi connectivity index (χ4v) is 2.87. The lowest BCUT2D eigenvalue weighted by atomic mass is 10.1. The number of nitrogens with zero attached hydrogens (tertiary/aromatic N) is 1. The highest BCUT2D eigenvalue weighted by atomic mass is 16.7. The van der Waals surface area contributed by atoms with Gasteiger partial charge in [-0.25, -0.2) is 0 Å². The molecule has 0 radical (unpaired) electrons. The summed E-state index contributed by atoms with van der Waals surface area (Å²) >= 11 is 0. The largest absolute Gasteiger partial charge is 0.492 e. The van der Waals surface area contributed by atoms with E-state index in [-0.39, 0.29) is 25.2 Å². The maximum atomic E-state index is 12.2. The lowest BCUT2D eigenvalue weighted by molar-refractivity contribution is -0.129. The van der Waals surface area contributed by atoms with E-state index in [9.17, 15) is 9.59 Å². The van der Waals surface area contributed by atoms with E-state index >= 15 is 0 Å². The van der Waals surface area contributed by atoms with E-state index in [2.05, 4.69) is 11.4 Å². The van der Waals surface area contributed by atoms with Gasteiger partial charge >= 0.3 is 0 Å². The van der Waals surface area contributed by atoms with Gasteiger partial charge in [0, 0.05) is 12.6 Å². The van der Waals surface area contributed by atoms with Crippen LogP contribution in [0.4, 0.5) is 0 Å². The van der Waals surface area contributed by atoms with Gasteiger partial charge in [0.15, 0.2) is 11.5 Å². The Kier molecular flexibility index (Phi) is 6.03. The van der Waals surface area contributed by atoms with Crippen LogP contribution in [0.1, 0.15) is 21.5 Å². The SMILES string of the molecule is Cc1cc(C)cc(OCCN(C)C(=O)CNC(=O)c2ccc3c(c2)OCO3)c1. The molecule has 0 atom stereocenters. The summed E-state index contributed by atoms with van der Waals surface area (Å²) in [6.07, 6.45) is 0. The van der Waals surface area contributed by atoms with Crippen molar-refractivity contribution in [2.75, 3.05) is 33.5 Å². The summed E-state index contributed by atoms with van der Waals surface area (Å²) in [5, 5.41) is 2.63. The van der Waals surface area contributed by atoms with Gasteiger partial charge in [-0.3, -0.25) is 9.59 Å². The summed E-state index contributed by atoms with van der Waals surface area (Å²) in [6, 6.07) is 10.9. The van der Waals surface area contributed by atoms with Crippen molar-refractivity contribution in [2.24, 2.45) is 0 Å². The Labute approximate surface area is 164 Å². The number of carbonyl (C=O) groups is 2. The lowest BCUT2D eigenvalue weighted by Crippen LogP contribution is -2.39. The number of benzene rings is 2. The third-order valence-corrected chi connectivity index (χ3v) is 4.35. The molecule has 2 aromatic rings. The summed E-state index contributed by atoms with van der Waals surface area (Å²) in [4.78, 5) is 26.0. The van der Waals surface area contributed by atoms with Crippen LogP contribution in [0.25, 0.3) is 0 Å². The van der Waals surface area contributed by atoms with Crippen molar-refractivity contribution in [1.82, 2.24) is 10.2 Å². The van der Waals surface area contributed by atoms with Crippen LogP contribution in [0.3, 0.4) is 0 Å². The normalized spacial score (nSPS) is 11.8. The Hall–Kier alpha value is -3.22. The molecule has 0 fully saturated rings. The average molecular weight is 384 g/mol. The summed E-state index contributed by atoms with van der Waals surface area (Å²) in [5.41, 5.74) is 2.68. The van der Waals surface area contributed by atoms with E-state index in [1.54, 1.807) is 25.2 Å². The maximum absolute atomic E-state index is 12.2. The van der Waals surface area contributed by atoms with Crippen LogP contribution in [0, 0.1) is 13.8 Å². The monoisotopic (exact) mass is 384 g/mol. The Morgan fingerprint density at radius 1 is 1.07 bits per heavy atom. The topological polar surface area (TPSA) is 77.1 Å². The Morgan fingerprint density at radius 3 is 2.54 bits per heavy atom. The molecule has 1 N–H and O–H groups in total. The first kappa shape index (κ1) is 19.5. The third kappa shape index (κ3) is 4.94. The van der Waals surface area contributed by atoms with E-state index in [0.717, 1.165) is 16.9 Å². The highest BCUT2D eigenvalue weighted by molar-refractivity contribution is 5.97. The zero-order valence-corrected chi connectivity index (χ0v) is 16.3. The maximum Gasteiger partial charge on any atom is 0.251 e. The molecule has 0 aromatic heterocycles. The van der Waals surface area contributed by atoms with Gasteiger partial charge in [-0.15, -0.1) is 0 Å². The zero-order valence-electron chi connectivity index (χ0n) is 16.3. The molecular formula is C21H24N2O5. The molecule has 7 nitrogen and oxygen atoms in total. The highest BCUT2D eigenvalue weighted by Gasteiger charge is 2.17. The highest BCUT2D eigenvalue weighted by Crippen LogP contribution is 2.32. The Bertz CT molecular complexity index is 861. The molecular weight excluding hydrogens is 360 g/mol. The minimum atomic E-state index is -0.341. The van der Waals surface area contributed by atoms with Gasteiger partial charge in [-0.05, 0) is 55.3 Å². The van der Waals surface area contributed by atoms with Crippen LogP contribution in [0.15, 0.2) is 36.4 Å². The van der Waals surface area contributed by atoms with Gasteiger partial charge < -0.3 is 24.4 Å². The van der Waals surface area contributed by atoms with E-state index in [1.165, 1.54) is 4.90 Å².